The van der Waals surface area contributed by atoms with E-state index in [1.54, 1.807) is 18.5 Å². The lowest BCUT2D eigenvalue weighted by molar-refractivity contribution is -0.00432. The van der Waals surface area contributed by atoms with Gasteiger partial charge in [-0.2, -0.15) is 0 Å². The van der Waals surface area contributed by atoms with E-state index in [9.17, 15) is 4.79 Å². The largest absolute Gasteiger partial charge is 0.484 e. The van der Waals surface area contributed by atoms with Crippen LogP contribution in [0.25, 0.3) is 0 Å². The van der Waals surface area contributed by atoms with Gasteiger partial charge < -0.3 is 4.74 Å². The average Bonchev–Trinajstić information content (AvgIpc) is 2.40. The summed E-state index contributed by atoms with van der Waals surface area (Å²) >= 11 is 0. The topological polar surface area (TPSA) is 39.2 Å². The molecule has 1 aromatic heterocycles. The van der Waals surface area contributed by atoms with Crippen molar-refractivity contribution in [2.24, 2.45) is 5.92 Å². The quantitative estimate of drug-likeness (QED) is 0.761. The number of hydrogen-bond donors (Lipinski definition) is 0. The summed E-state index contributed by atoms with van der Waals surface area (Å²) in [5.74, 6) is 1.37. The molecule has 1 aliphatic carbocycles. The van der Waals surface area contributed by atoms with E-state index in [0.717, 1.165) is 0 Å². The number of fused-ring (bicyclic) bond motifs is 1. The van der Waals surface area contributed by atoms with E-state index in [2.05, 4.69) is 11.9 Å². The molecule has 1 saturated carbocycles. The van der Waals surface area contributed by atoms with Crippen LogP contribution in [0.2, 0.25) is 0 Å². The lowest BCUT2D eigenvalue weighted by Crippen LogP contribution is -2.46. The number of nitrogens with zero attached hydrogens (tertiary/aromatic N) is 1. The lowest BCUT2D eigenvalue weighted by Gasteiger charge is -2.42. The van der Waals surface area contributed by atoms with Gasteiger partial charge in [0.05, 0.1) is 18.2 Å². The zero-order chi connectivity index (χ0) is 12.6. The van der Waals surface area contributed by atoms with Crippen LogP contribution in [0.1, 0.15) is 55.8 Å². The number of ketones is 1. The Labute approximate surface area is 108 Å². The SMILES string of the molecule is CC1(C2CCCCC2)CC(=O)c2ccncc2O1. The van der Waals surface area contributed by atoms with Gasteiger partial charge in [-0.05, 0) is 31.7 Å². The monoisotopic (exact) mass is 245 g/mol. The van der Waals surface area contributed by atoms with Gasteiger partial charge in [0.15, 0.2) is 5.78 Å². The van der Waals surface area contributed by atoms with Gasteiger partial charge in [0.25, 0.3) is 0 Å². The lowest BCUT2D eigenvalue weighted by atomic mass is 9.74. The Morgan fingerprint density at radius 3 is 2.89 bits per heavy atom. The van der Waals surface area contributed by atoms with Crippen LogP contribution in [0.15, 0.2) is 18.5 Å². The Bertz CT molecular complexity index is 465. The highest BCUT2D eigenvalue weighted by Gasteiger charge is 2.43. The van der Waals surface area contributed by atoms with Crippen LogP contribution in [-0.2, 0) is 0 Å². The van der Waals surface area contributed by atoms with Crippen molar-refractivity contribution in [1.82, 2.24) is 4.98 Å². The smallest absolute Gasteiger partial charge is 0.170 e. The first-order chi connectivity index (χ1) is 8.69. The second-order valence-electron chi connectivity index (χ2n) is 5.72. The molecule has 96 valence electrons. The van der Waals surface area contributed by atoms with Crippen molar-refractivity contribution in [2.75, 3.05) is 0 Å². The third-order valence-electron chi connectivity index (χ3n) is 4.41. The van der Waals surface area contributed by atoms with Crippen LogP contribution < -0.4 is 4.74 Å². The summed E-state index contributed by atoms with van der Waals surface area (Å²) in [7, 11) is 0. The second kappa shape index (κ2) is 4.38. The minimum absolute atomic E-state index is 0.201. The van der Waals surface area contributed by atoms with E-state index >= 15 is 0 Å². The minimum atomic E-state index is -0.326. The van der Waals surface area contributed by atoms with Gasteiger partial charge in [-0.3, -0.25) is 9.78 Å². The fourth-order valence-electron chi connectivity index (χ4n) is 3.33. The molecule has 1 atom stereocenters. The van der Waals surface area contributed by atoms with Crippen LogP contribution in [-0.4, -0.2) is 16.4 Å². The Hall–Kier alpha value is -1.38. The standard InChI is InChI=1S/C15H19NO2/c1-15(11-5-3-2-4-6-11)9-13(17)12-7-8-16-10-14(12)18-15/h7-8,10-11H,2-6,9H2,1H3. The Balaban J connectivity index is 1.90. The van der Waals surface area contributed by atoms with Crippen LogP contribution in [0, 0.1) is 5.92 Å². The van der Waals surface area contributed by atoms with Crippen LogP contribution in [0.4, 0.5) is 0 Å². The summed E-state index contributed by atoms with van der Waals surface area (Å²) in [6, 6.07) is 1.76. The van der Waals surface area contributed by atoms with Gasteiger partial charge in [0, 0.05) is 6.20 Å². The van der Waals surface area contributed by atoms with Gasteiger partial charge in [0.1, 0.15) is 11.4 Å². The third kappa shape index (κ3) is 1.92. The number of carbonyl (C=O) groups is 1. The zero-order valence-electron chi connectivity index (χ0n) is 10.8. The molecule has 0 spiro atoms. The molecular formula is C15H19NO2. The summed E-state index contributed by atoms with van der Waals surface area (Å²) in [4.78, 5) is 16.3. The highest BCUT2D eigenvalue weighted by Crippen LogP contribution is 2.42. The molecule has 1 fully saturated rings. The molecule has 0 saturated heterocycles. The average molecular weight is 245 g/mol. The van der Waals surface area contributed by atoms with Gasteiger partial charge in [-0.15, -0.1) is 0 Å². The maximum Gasteiger partial charge on any atom is 0.170 e. The van der Waals surface area contributed by atoms with Crippen LogP contribution >= 0.6 is 0 Å². The van der Waals surface area contributed by atoms with E-state index in [4.69, 9.17) is 4.74 Å². The molecule has 0 radical (unpaired) electrons. The molecule has 2 aliphatic rings. The first kappa shape index (κ1) is 11.7. The fraction of sp³-hybridized carbons (Fsp3) is 0.600. The normalized spacial score (nSPS) is 28.6. The summed E-state index contributed by atoms with van der Waals surface area (Å²) in [6.45, 7) is 2.09. The molecule has 3 heteroatoms. The van der Waals surface area contributed by atoms with Crippen LogP contribution in [0.5, 0.6) is 5.75 Å². The summed E-state index contributed by atoms with van der Waals surface area (Å²) in [6.07, 6.45) is 10.0. The molecule has 3 rings (SSSR count). The highest BCUT2D eigenvalue weighted by atomic mass is 16.5. The fourth-order valence-corrected chi connectivity index (χ4v) is 3.33. The van der Waals surface area contributed by atoms with Gasteiger partial charge >= 0.3 is 0 Å². The molecule has 18 heavy (non-hydrogen) atoms. The number of rotatable bonds is 1. The molecule has 3 nitrogen and oxygen atoms in total. The summed E-state index contributed by atoms with van der Waals surface area (Å²) in [5, 5.41) is 0. The molecule has 1 aliphatic heterocycles. The van der Waals surface area contributed by atoms with Crippen molar-refractivity contribution in [1.29, 1.82) is 0 Å². The van der Waals surface area contributed by atoms with Crippen molar-refractivity contribution in [2.45, 2.75) is 51.0 Å². The van der Waals surface area contributed by atoms with Crippen molar-refractivity contribution in [3.8, 4) is 5.75 Å². The Morgan fingerprint density at radius 2 is 2.11 bits per heavy atom. The number of Topliss-reactive ketones (excluding diaryl/α,β-unsaturated/α-hetero) is 1. The molecule has 0 aromatic carbocycles. The summed E-state index contributed by atoms with van der Waals surface area (Å²) in [5.41, 5.74) is 0.367. The predicted molar refractivity (Wildman–Crippen MR) is 68.8 cm³/mol. The second-order valence-corrected chi connectivity index (χ2v) is 5.72. The van der Waals surface area contributed by atoms with E-state index < -0.39 is 0 Å². The van der Waals surface area contributed by atoms with E-state index in [1.807, 2.05) is 0 Å². The molecule has 2 heterocycles. The molecule has 1 unspecified atom stereocenters. The molecule has 0 bridgehead atoms. The van der Waals surface area contributed by atoms with Crippen molar-refractivity contribution < 1.29 is 9.53 Å². The predicted octanol–water partition coefficient (Wildman–Crippen LogP) is 3.39. The number of hydrogen-bond acceptors (Lipinski definition) is 3. The van der Waals surface area contributed by atoms with E-state index in [0.29, 0.717) is 23.7 Å². The first-order valence-electron chi connectivity index (χ1n) is 6.85. The van der Waals surface area contributed by atoms with Gasteiger partial charge in [-0.25, -0.2) is 0 Å². The molecular weight excluding hydrogens is 226 g/mol. The minimum Gasteiger partial charge on any atom is -0.484 e. The summed E-state index contributed by atoms with van der Waals surface area (Å²) < 4.78 is 6.15. The number of pyridine rings is 1. The first-order valence-corrected chi connectivity index (χ1v) is 6.85. The van der Waals surface area contributed by atoms with Crippen molar-refractivity contribution >= 4 is 5.78 Å². The highest BCUT2D eigenvalue weighted by molar-refractivity contribution is 6.00. The third-order valence-corrected chi connectivity index (χ3v) is 4.41. The maximum atomic E-state index is 12.2. The van der Waals surface area contributed by atoms with Crippen molar-refractivity contribution in [3.63, 3.8) is 0 Å². The zero-order valence-corrected chi connectivity index (χ0v) is 10.8. The van der Waals surface area contributed by atoms with Crippen LogP contribution in [0.3, 0.4) is 0 Å². The number of ether oxygens (including phenoxy) is 1. The number of aromatic nitrogens is 1. The van der Waals surface area contributed by atoms with Gasteiger partial charge in [0.2, 0.25) is 0 Å². The molecule has 1 aromatic rings. The Morgan fingerprint density at radius 1 is 1.33 bits per heavy atom. The maximum absolute atomic E-state index is 12.2. The van der Waals surface area contributed by atoms with Crippen molar-refractivity contribution in [3.05, 3.63) is 24.0 Å². The Kier molecular flexibility index (Phi) is 2.84. The molecule has 0 amide bonds. The van der Waals surface area contributed by atoms with E-state index in [1.165, 1.54) is 32.1 Å². The number of carbonyl (C=O) groups excluding carboxylic acids is 1. The molecule has 0 N–H and O–H groups in total. The van der Waals surface area contributed by atoms with E-state index in [-0.39, 0.29) is 11.4 Å². The van der Waals surface area contributed by atoms with Gasteiger partial charge in [-0.1, -0.05) is 19.3 Å².